The summed E-state index contributed by atoms with van der Waals surface area (Å²) in [6.07, 6.45) is 4.63. The first-order valence-electron chi connectivity index (χ1n) is 11.5. The van der Waals surface area contributed by atoms with Gasteiger partial charge in [-0.3, -0.25) is 9.78 Å². The number of amides is 1. The summed E-state index contributed by atoms with van der Waals surface area (Å²) in [5.74, 6) is 1.51. The second-order valence-electron chi connectivity index (χ2n) is 8.54. The summed E-state index contributed by atoms with van der Waals surface area (Å²) in [6.45, 7) is 3.63. The SMILES string of the molecule is COc1ccc2ncc(Cl)c(CCN3CCC(NCc4ccc5c(n4)NC(=O)CO5)CC3)c2n1.Cl.Cl. The number of rotatable bonds is 7. The molecule has 5 rings (SSSR count). The van der Waals surface area contributed by atoms with E-state index < -0.39 is 0 Å². The summed E-state index contributed by atoms with van der Waals surface area (Å²) in [5, 5.41) is 7.00. The molecule has 2 aliphatic rings. The van der Waals surface area contributed by atoms with Gasteiger partial charge in [-0.15, -0.1) is 24.8 Å². The number of likely N-dealkylation sites (tertiary alicyclic amines) is 1. The van der Waals surface area contributed by atoms with Crippen LogP contribution in [0.2, 0.25) is 5.02 Å². The molecule has 0 atom stereocenters. The van der Waals surface area contributed by atoms with Gasteiger partial charge in [-0.25, -0.2) is 9.97 Å². The number of carbonyl (C=O) groups excluding carboxylic acids is 1. The third-order valence-corrected chi connectivity index (χ3v) is 6.64. The highest BCUT2D eigenvalue weighted by Crippen LogP contribution is 2.27. The molecule has 194 valence electrons. The van der Waals surface area contributed by atoms with E-state index in [9.17, 15) is 4.79 Å². The number of fused-ring (bicyclic) bond motifs is 2. The van der Waals surface area contributed by atoms with E-state index >= 15 is 0 Å². The third kappa shape index (κ3) is 6.46. The Hall–Kier alpha value is -2.43. The van der Waals surface area contributed by atoms with Crippen LogP contribution in [0.3, 0.4) is 0 Å². The standard InChI is InChI=1S/C24H27ClN6O3.2ClH/c1-33-22-5-3-19-23(30-22)17(18(25)13-27-19)8-11-31-9-6-15(7-10-31)26-12-16-2-4-20-24(28-16)29-21(32)14-34-20;;/h2-5,13,15,26H,6-12,14H2,1H3,(H,28,29,32);2*1H. The van der Waals surface area contributed by atoms with E-state index in [4.69, 9.17) is 21.1 Å². The Bertz CT molecular complexity index is 1210. The zero-order valence-corrected chi connectivity index (χ0v) is 22.2. The number of piperidine rings is 1. The highest BCUT2D eigenvalue weighted by atomic mass is 35.5. The summed E-state index contributed by atoms with van der Waals surface area (Å²) >= 11 is 6.48. The fourth-order valence-corrected chi connectivity index (χ4v) is 4.64. The number of nitrogens with one attached hydrogen (secondary N) is 2. The van der Waals surface area contributed by atoms with E-state index in [1.807, 2.05) is 24.3 Å². The van der Waals surface area contributed by atoms with Gasteiger partial charge in [0, 0.05) is 37.0 Å². The molecule has 3 aromatic heterocycles. The molecule has 0 spiro atoms. The molecule has 1 saturated heterocycles. The molecule has 0 radical (unpaired) electrons. The minimum atomic E-state index is -0.173. The molecule has 1 amide bonds. The maximum absolute atomic E-state index is 11.5. The van der Waals surface area contributed by atoms with Gasteiger partial charge in [0.1, 0.15) is 0 Å². The normalized spacial score (nSPS) is 15.8. The second kappa shape index (κ2) is 12.7. The molecule has 9 nitrogen and oxygen atoms in total. The molecule has 0 aromatic carbocycles. The van der Waals surface area contributed by atoms with E-state index in [0.717, 1.165) is 61.2 Å². The van der Waals surface area contributed by atoms with Gasteiger partial charge >= 0.3 is 0 Å². The highest BCUT2D eigenvalue weighted by Gasteiger charge is 2.21. The minimum Gasteiger partial charge on any atom is -0.481 e. The molecule has 2 N–H and O–H groups in total. The van der Waals surface area contributed by atoms with Crippen LogP contribution in [0.25, 0.3) is 11.0 Å². The average molecular weight is 556 g/mol. The van der Waals surface area contributed by atoms with Gasteiger partial charge in [0.2, 0.25) is 5.88 Å². The average Bonchev–Trinajstić information content (AvgIpc) is 2.87. The Labute approximate surface area is 227 Å². The molecule has 2 aliphatic heterocycles. The van der Waals surface area contributed by atoms with E-state index in [1.54, 1.807) is 13.3 Å². The predicted octanol–water partition coefficient (Wildman–Crippen LogP) is 3.66. The number of methoxy groups -OCH3 is 1. The van der Waals surface area contributed by atoms with Gasteiger partial charge in [0.15, 0.2) is 18.2 Å². The van der Waals surface area contributed by atoms with Crippen molar-refractivity contribution in [1.29, 1.82) is 0 Å². The summed E-state index contributed by atoms with van der Waals surface area (Å²) in [6, 6.07) is 7.95. The Morgan fingerprint density at radius 3 is 2.78 bits per heavy atom. The summed E-state index contributed by atoms with van der Waals surface area (Å²) < 4.78 is 10.7. The van der Waals surface area contributed by atoms with Gasteiger partial charge in [-0.1, -0.05) is 11.6 Å². The van der Waals surface area contributed by atoms with Gasteiger partial charge in [0.25, 0.3) is 5.91 Å². The zero-order valence-electron chi connectivity index (χ0n) is 19.8. The molecule has 3 aromatic rings. The lowest BCUT2D eigenvalue weighted by atomic mass is 10.0. The summed E-state index contributed by atoms with van der Waals surface area (Å²) in [7, 11) is 1.61. The molecule has 1 fully saturated rings. The van der Waals surface area contributed by atoms with E-state index in [-0.39, 0.29) is 37.3 Å². The van der Waals surface area contributed by atoms with Crippen molar-refractivity contribution in [3.63, 3.8) is 0 Å². The molecular formula is C24H29Cl3N6O3. The number of halogens is 3. The first-order chi connectivity index (χ1) is 16.6. The number of hydrogen-bond acceptors (Lipinski definition) is 8. The Kier molecular flexibility index (Phi) is 9.92. The minimum absolute atomic E-state index is 0. The molecule has 5 heterocycles. The van der Waals surface area contributed by atoms with Crippen LogP contribution in [0.1, 0.15) is 24.1 Å². The number of ether oxygens (including phenoxy) is 2. The van der Waals surface area contributed by atoms with Crippen LogP contribution in [0.4, 0.5) is 5.82 Å². The second-order valence-corrected chi connectivity index (χ2v) is 8.95. The third-order valence-electron chi connectivity index (χ3n) is 6.32. The van der Waals surface area contributed by atoms with Crippen molar-refractivity contribution in [3.05, 3.63) is 46.7 Å². The topological polar surface area (TPSA) is 102 Å². The predicted molar refractivity (Wildman–Crippen MR) is 144 cm³/mol. The van der Waals surface area contributed by atoms with Gasteiger partial charge < -0.3 is 25.0 Å². The van der Waals surface area contributed by atoms with Crippen LogP contribution in [0, 0.1) is 0 Å². The first kappa shape index (κ1) is 28.1. The molecular weight excluding hydrogens is 527 g/mol. The van der Waals surface area contributed by atoms with Gasteiger partial charge in [-0.2, -0.15) is 0 Å². The van der Waals surface area contributed by atoms with Crippen LogP contribution < -0.4 is 20.1 Å². The smallest absolute Gasteiger partial charge is 0.263 e. The highest BCUT2D eigenvalue weighted by molar-refractivity contribution is 6.32. The van der Waals surface area contributed by atoms with Crippen LogP contribution in [-0.2, 0) is 17.8 Å². The Balaban J connectivity index is 0.00000180. The van der Waals surface area contributed by atoms with Gasteiger partial charge in [0.05, 0.1) is 28.9 Å². The van der Waals surface area contributed by atoms with Crippen molar-refractivity contribution in [1.82, 2.24) is 25.2 Å². The summed E-state index contributed by atoms with van der Waals surface area (Å²) in [5.41, 5.74) is 3.53. The Morgan fingerprint density at radius 2 is 2.00 bits per heavy atom. The number of carbonyl (C=O) groups is 1. The van der Waals surface area contributed by atoms with Crippen molar-refractivity contribution in [3.8, 4) is 11.6 Å². The first-order valence-corrected chi connectivity index (χ1v) is 11.8. The van der Waals surface area contributed by atoms with E-state index in [0.29, 0.717) is 35.1 Å². The number of nitrogens with zero attached hydrogens (tertiary/aromatic N) is 4. The molecule has 0 saturated carbocycles. The number of aromatic nitrogens is 3. The fourth-order valence-electron chi connectivity index (χ4n) is 4.41. The van der Waals surface area contributed by atoms with Crippen LogP contribution in [0.5, 0.6) is 11.6 Å². The fraction of sp³-hybridized carbons (Fsp3) is 0.417. The lowest BCUT2D eigenvalue weighted by Gasteiger charge is -2.32. The van der Waals surface area contributed by atoms with Crippen LogP contribution in [0.15, 0.2) is 30.5 Å². The van der Waals surface area contributed by atoms with Crippen molar-refractivity contribution < 1.29 is 14.3 Å². The maximum atomic E-state index is 11.5. The number of anilines is 1. The molecule has 12 heteroatoms. The summed E-state index contributed by atoms with van der Waals surface area (Å²) in [4.78, 5) is 27.5. The van der Waals surface area contributed by atoms with Crippen molar-refractivity contribution in [2.75, 3.05) is 38.7 Å². The molecule has 36 heavy (non-hydrogen) atoms. The maximum Gasteiger partial charge on any atom is 0.263 e. The van der Waals surface area contributed by atoms with Crippen molar-refractivity contribution >= 4 is 59.2 Å². The van der Waals surface area contributed by atoms with Crippen molar-refractivity contribution in [2.45, 2.75) is 31.8 Å². The Morgan fingerprint density at radius 1 is 1.19 bits per heavy atom. The number of hydrogen-bond donors (Lipinski definition) is 2. The van der Waals surface area contributed by atoms with E-state index in [1.165, 1.54) is 0 Å². The van der Waals surface area contributed by atoms with Gasteiger partial charge in [-0.05, 0) is 50.6 Å². The van der Waals surface area contributed by atoms with E-state index in [2.05, 4.69) is 30.5 Å². The van der Waals surface area contributed by atoms with Crippen molar-refractivity contribution in [2.24, 2.45) is 0 Å². The number of pyridine rings is 3. The quantitative estimate of drug-likeness (QED) is 0.456. The van der Waals surface area contributed by atoms with Crippen LogP contribution in [-0.4, -0.2) is 65.2 Å². The largest absolute Gasteiger partial charge is 0.481 e. The lowest BCUT2D eigenvalue weighted by Crippen LogP contribution is -2.43. The monoisotopic (exact) mass is 554 g/mol. The molecule has 0 unspecified atom stereocenters. The zero-order chi connectivity index (χ0) is 23.5. The molecule has 0 bridgehead atoms. The lowest BCUT2D eigenvalue weighted by molar-refractivity contribution is -0.118. The molecule has 0 aliphatic carbocycles. The van der Waals surface area contributed by atoms with Crippen LogP contribution >= 0.6 is 36.4 Å².